The van der Waals surface area contributed by atoms with Crippen molar-refractivity contribution in [2.24, 2.45) is 10.8 Å². The molecule has 0 aromatic carbocycles. The Labute approximate surface area is 244 Å². The molecule has 8 nitrogen and oxygen atoms in total. The second-order valence-electron chi connectivity index (χ2n) is 12.1. The van der Waals surface area contributed by atoms with Gasteiger partial charge in [0.05, 0.1) is 57.1 Å². The van der Waals surface area contributed by atoms with Gasteiger partial charge in [0.1, 0.15) is 6.61 Å². The van der Waals surface area contributed by atoms with E-state index in [1.807, 2.05) is 0 Å². The fraction of sp³-hybridized carbons (Fsp3) is 0.969. The minimum atomic E-state index is -1.21. The molecule has 0 aromatic rings. The molecule has 0 unspecified atom stereocenters. The highest BCUT2D eigenvalue weighted by Gasteiger charge is 2.34. The van der Waals surface area contributed by atoms with Crippen LogP contribution in [0.5, 0.6) is 0 Å². The Morgan fingerprint density at radius 2 is 0.800 bits per heavy atom. The van der Waals surface area contributed by atoms with Crippen LogP contribution in [0.2, 0.25) is 0 Å². The van der Waals surface area contributed by atoms with E-state index < -0.39 is 43.9 Å². The van der Waals surface area contributed by atoms with Gasteiger partial charge in [-0.2, -0.15) is 0 Å². The van der Waals surface area contributed by atoms with E-state index in [0.29, 0.717) is 6.42 Å². The summed E-state index contributed by atoms with van der Waals surface area (Å²) in [5, 5.41) is 47.7. The summed E-state index contributed by atoms with van der Waals surface area (Å²) < 4.78 is 10.8. The SMILES string of the molecule is CCCCCCCCCCCCCCCCCCCCCC(=O)OCC(CO)(CO)COCC(CO)(CO)CO. The van der Waals surface area contributed by atoms with Crippen LogP contribution in [0.3, 0.4) is 0 Å². The Bertz CT molecular complexity index is 541. The summed E-state index contributed by atoms with van der Waals surface area (Å²) in [4.78, 5) is 12.2. The summed E-state index contributed by atoms with van der Waals surface area (Å²) in [6, 6.07) is 0. The minimum absolute atomic E-state index is 0.145. The maximum absolute atomic E-state index is 12.2. The zero-order valence-corrected chi connectivity index (χ0v) is 25.8. The van der Waals surface area contributed by atoms with Gasteiger partial charge in [-0.3, -0.25) is 4.79 Å². The molecule has 0 aliphatic rings. The topological polar surface area (TPSA) is 137 Å². The van der Waals surface area contributed by atoms with Crippen LogP contribution in [-0.2, 0) is 14.3 Å². The molecule has 0 aromatic heterocycles. The summed E-state index contributed by atoms with van der Waals surface area (Å²) >= 11 is 0. The Morgan fingerprint density at radius 3 is 1.15 bits per heavy atom. The first-order valence-electron chi connectivity index (χ1n) is 16.2. The number of carbonyl (C=O) groups is 1. The molecule has 0 saturated carbocycles. The normalized spacial score (nSPS) is 12.2. The Kier molecular flexibility index (Phi) is 26.6. The van der Waals surface area contributed by atoms with Crippen LogP contribution in [0.4, 0.5) is 0 Å². The van der Waals surface area contributed by atoms with E-state index in [1.165, 1.54) is 103 Å². The molecule has 240 valence electrons. The molecule has 0 amide bonds. The maximum Gasteiger partial charge on any atom is 0.305 e. The maximum atomic E-state index is 12.2. The molecule has 0 radical (unpaired) electrons. The molecule has 8 heteroatoms. The molecule has 0 fully saturated rings. The molecule has 0 heterocycles. The lowest BCUT2D eigenvalue weighted by atomic mass is 9.90. The fourth-order valence-electron chi connectivity index (χ4n) is 4.70. The van der Waals surface area contributed by atoms with Gasteiger partial charge in [-0.25, -0.2) is 0 Å². The van der Waals surface area contributed by atoms with Gasteiger partial charge >= 0.3 is 5.97 Å². The van der Waals surface area contributed by atoms with E-state index in [4.69, 9.17) is 9.47 Å². The molecule has 0 spiro atoms. The number of ether oxygens (including phenoxy) is 2. The third-order valence-corrected chi connectivity index (χ3v) is 8.02. The number of hydrogen-bond acceptors (Lipinski definition) is 8. The van der Waals surface area contributed by atoms with Crippen molar-refractivity contribution in [2.75, 3.05) is 52.9 Å². The first kappa shape index (κ1) is 39.2. The van der Waals surface area contributed by atoms with Crippen LogP contribution < -0.4 is 0 Å². The van der Waals surface area contributed by atoms with E-state index >= 15 is 0 Å². The molecule has 0 saturated heterocycles. The van der Waals surface area contributed by atoms with E-state index in [-0.39, 0.29) is 25.8 Å². The van der Waals surface area contributed by atoms with Gasteiger partial charge in [-0.1, -0.05) is 122 Å². The Hall–Kier alpha value is -0.770. The van der Waals surface area contributed by atoms with Gasteiger partial charge in [0.2, 0.25) is 0 Å². The molecular weight excluding hydrogens is 512 g/mol. The van der Waals surface area contributed by atoms with Crippen LogP contribution in [0.25, 0.3) is 0 Å². The number of esters is 1. The molecule has 0 atom stereocenters. The van der Waals surface area contributed by atoms with Crippen LogP contribution in [0.15, 0.2) is 0 Å². The molecular formula is C32H64O8. The van der Waals surface area contributed by atoms with E-state index in [0.717, 1.165) is 19.3 Å². The number of carbonyl (C=O) groups excluding carboxylic acids is 1. The molecule has 0 bridgehead atoms. The van der Waals surface area contributed by atoms with Crippen molar-refractivity contribution in [1.29, 1.82) is 0 Å². The summed E-state index contributed by atoms with van der Waals surface area (Å²) in [5.41, 5.74) is -2.39. The predicted octanol–water partition coefficient (Wildman–Crippen LogP) is 5.30. The fourth-order valence-corrected chi connectivity index (χ4v) is 4.70. The lowest BCUT2D eigenvalue weighted by Gasteiger charge is -2.32. The lowest BCUT2D eigenvalue weighted by molar-refractivity contribution is -0.154. The first-order chi connectivity index (χ1) is 19.5. The highest BCUT2D eigenvalue weighted by Crippen LogP contribution is 2.22. The minimum Gasteiger partial charge on any atom is -0.465 e. The zero-order valence-electron chi connectivity index (χ0n) is 25.8. The van der Waals surface area contributed by atoms with Gasteiger partial charge in [-0.05, 0) is 6.42 Å². The zero-order chi connectivity index (χ0) is 29.8. The summed E-state index contributed by atoms with van der Waals surface area (Å²) in [7, 11) is 0. The molecule has 0 aliphatic heterocycles. The van der Waals surface area contributed by atoms with Crippen molar-refractivity contribution in [3.63, 3.8) is 0 Å². The predicted molar refractivity (Wildman–Crippen MR) is 160 cm³/mol. The smallest absolute Gasteiger partial charge is 0.305 e. The number of rotatable bonds is 31. The highest BCUT2D eigenvalue weighted by atomic mass is 16.5. The number of aliphatic hydroxyl groups is 5. The monoisotopic (exact) mass is 576 g/mol. The summed E-state index contributed by atoms with van der Waals surface area (Å²) in [6.45, 7) is -0.562. The quantitative estimate of drug-likeness (QED) is 0.0554. The van der Waals surface area contributed by atoms with Crippen molar-refractivity contribution < 1.29 is 39.8 Å². The summed E-state index contributed by atoms with van der Waals surface area (Å²) in [6.07, 6.45) is 24.9. The van der Waals surface area contributed by atoms with Crippen LogP contribution in [-0.4, -0.2) is 84.4 Å². The van der Waals surface area contributed by atoms with Gasteiger partial charge in [0.15, 0.2) is 0 Å². The lowest BCUT2D eigenvalue weighted by Crippen LogP contribution is -2.44. The van der Waals surface area contributed by atoms with Gasteiger partial charge in [0.25, 0.3) is 0 Å². The van der Waals surface area contributed by atoms with E-state index in [2.05, 4.69) is 6.92 Å². The van der Waals surface area contributed by atoms with Crippen molar-refractivity contribution in [1.82, 2.24) is 0 Å². The molecule has 5 N–H and O–H groups in total. The largest absolute Gasteiger partial charge is 0.465 e. The Balaban J connectivity index is 3.70. The summed E-state index contributed by atoms with van der Waals surface area (Å²) in [5.74, 6) is -0.367. The van der Waals surface area contributed by atoms with Crippen LogP contribution >= 0.6 is 0 Å². The van der Waals surface area contributed by atoms with Crippen molar-refractivity contribution in [2.45, 2.75) is 135 Å². The van der Waals surface area contributed by atoms with Crippen LogP contribution in [0, 0.1) is 10.8 Å². The number of aliphatic hydroxyl groups excluding tert-OH is 5. The average molecular weight is 577 g/mol. The highest BCUT2D eigenvalue weighted by molar-refractivity contribution is 5.69. The van der Waals surface area contributed by atoms with Gasteiger partial charge < -0.3 is 35.0 Å². The van der Waals surface area contributed by atoms with E-state index in [9.17, 15) is 30.3 Å². The second kappa shape index (κ2) is 27.1. The van der Waals surface area contributed by atoms with Crippen molar-refractivity contribution in [3.8, 4) is 0 Å². The van der Waals surface area contributed by atoms with E-state index in [1.54, 1.807) is 0 Å². The third-order valence-electron chi connectivity index (χ3n) is 8.02. The third kappa shape index (κ3) is 20.2. The molecule has 0 rings (SSSR count). The number of hydrogen-bond donors (Lipinski definition) is 5. The van der Waals surface area contributed by atoms with Crippen molar-refractivity contribution >= 4 is 5.97 Å². The number of unbranched alkanes of at least 4 members (excludes halogenated alkanes) is 18. The first-order valence-corrected chi connectivity index (χ1v) is 16.2. The van der Waals surface area contributed by atoms with Crippen LogP contribution in [0.1, 0.15) is 135 Å². The Morgan fingerprint density at radius 1 is 0.475 bits per heavy atom. The standard InChI is InChI=1S/C32H64O8/c1-2-3-4-5-6-7-8-9-10-11-12-13-14-15-16-17-18-19-20-21-30(38)40-29-32(25-36,26-37)28-39-27-31(22-33,23-34)24-35/h33-37H,2-29H2,1H3. The molecule has 40 heavy (non-hydrogen) atoms. The van der Waals surface area contributed by atoms with Gasteiger partial charge in [0, 0.05) is 6.42 Å². The van der Waals surface area contributed by atoms with Gasteiger partial charge in [-0.15, -0.1) is 0 Å². The second-order valence-corrected chi connectivity index (χ2v) is 12.1. The molecule has 0 aliphatic carbocycles. The van der Waals surface area contributed by atoms with Crippen molar-refractivity contribution in [3.05, 3.63) is 0 Å². The average Bonchev–Trinajstić information content (AvgIpc) is 2.98.